The van der Waals surface area contributed by atoms with Crippen LogP contribution in [0.1, 0.15) is 36.8 Å². The van der Waals surface area contributed by atoms with Crippen molar-refractivity contribution in [2.24, 2.45) is 0 Å². The van der Waals surface area contributed by atoms with Crippen LogP contribution >= 0.6 is 0 Å². The highest BCUT2D eigenvalue weighted by Gasteiger charge is 2.52. The monoisotopic (exact) mass is 356 g/mol. The average molecular weight is 356 g/mol. The number of hydrogen-bond donors (Lipinski definition) is 1. The van der Waals surface area contributed by atoms with Gasteiger partial charge in [-0.15, -0.1) is 0 Å². The number of rotatable bonds is 5. The summed E-state index contributed by atoms with van der Waals surface area (Å²) in [6.45, 7) is -1.29. The largest absolute Gasteiger partial charge is 0.411 e. The number of carbonyl (C=O) groups excluding carboxylic acids is 2. The van der Waals surface area contributed by atoms with Crippen LogP contribution in [0.3, 0.4) is 0 Å². The lowest BCUT2D eigenvalue weighted by Gasteiger charge is -2.20. The maximum atomic E-state index is 12.6. The zero-order valence-corrected chi connectivity index (χ0v) is 13.6. The zero-order chi connectivity index (χ0) is 18.1. The third-order valence-corrected chi connectivity index (χ3v) is 4.60. The Hall–Kier alpha value is -2.09. The molecule has 1 N–H and O–H groups in total. The van der Waals surface area contributed by atoms with E-state index in [0.717, 1.165) is 18.4 Å². The molecule has 1 aromatic rings. The van der Waals surface area contributed by atoms with E-state index < -0.39 is 18.3 Å². The Morgan fingerprint density at radius 1 is 1.08 bits per heavy atom. The second-order valence-corrected chi connectivity index (χ2v) is 6.54. The van der Waals surface area contributed by atoms with Gasteiger partial charge in [0, 0.05) is 0 Å². The molecule has 0 bridgehead atoms. The second-order valence-electron chi connectivity index (χ2n) is 6.54. The van der Waals surface area contributed by atoms with Gasteiger partial charge in [-0.25, -0.2) is 4.79 Å². The van der Waals surface area contributed by atoms with Gasteiger partial charge in [-0.05, 0) is 24.0 Å². The molecule has 1 aromatic carbocycles. The number of alkyl halides is 3. The molecule has 5 nitrogen and oxygen atoms in total. The molecule has 1 heterocycles. The summed E-state index contributed by atoms with van der Waals surface area (Å²) in [6.07, 6.45) is -1.16. The van der Waals surface area contributed by atoms with E-state index in [-0.39, 0.29) is 25.1 Å². The highest BCUT2D eigenvalue weighted by atomic mass is 19.4. The SMILES string of the molecule is O=C1NC2(CCCC2)C(=O)N1Cc1ccc(COCC(F)(F)F)cc1. The summed E-state index contributed by atoms with van der Waals surface area (Å²) in [6, 6.07) is 6.26. The smallest absolute Gasteiger partial charge is 0.367 e. The van der Waals surface area contributed by atoms with E-state index in [1.54, 1.807) is 24.3 Å². The lowest BCUT2D eigenvalue weighted by Crippen LogP contribution is -2.44. The van der Waals surface area contributed by atoms with Crippen LogP contribution in [0, 0.1) is 0 Å². The highest BCUT2D eigenvalue weighted by Crippen LogP contribution is 2.35. The molecule has 3 amide bonds. The molecule has 1 spiro atoms. The molecule has 0 aromatic heterocycles. The molecule has 1 saturated carbocycles. The highest BCUT2D eigenvalue weighted by molar-refractivity contribution is 6.07. The van der Waals surface area contributed by atoms with Gasteiger partial charge in [0.2, 0.25) is 0 Å². The van der Waals surface area contributed by atoms with E-state index in [1.165, 1.54) is 4.90 Å². The molecule has 2 aliphatic rings. The van der Waals surface area contributed by atoms with Gasteiger partial charge < -0.3 is 10.1 Å². The summed E-state index contributed by atoms with van der Waals surface area (Å²) in [5, 5.41) is 2.81. The van der Waals surface area contributed by atoms with Gasteiger partial charge in [0.25, 0.3) is 5.91 Å². The van der Waals surface area contributed by atoms with Crippen molar-refractivity contribution in [3.63, 3.8) is 0 Å². The molecule has 136 valence electrons. The van der Waals surface area contributed by atoms with Crippen molar-refractivity contribution in [3.05, 3.63) is 35.4 Å². The summed E-state index contributed by atoms with van der Waals surface area (Å²) in [4.78, 5) is 25.9. The zero-order valence-electron chi connectivity index (χ0n) is 13.6. The number of hydrogen-bond acceptors (Lipinski definition) is 3. The fourth-order valence-electron chi connectivity index (χ4n) is 3.35. The van der Waals surface area contributed by atoms with Crippen molar-refractivity contribution in [2.75, 3.05) is 6.61 Å². The number of nitrogens with zero attached hydrogens (tertiary/aromatic N) is 1. The Bertz CT molecular complexity index is 652. The van der Waals surface area contributed by atoms with E-state index in [4.69, 9.17) is 0 Å². The van der Waals surface area contributed by atoms with E-state index >= 15 is 0 Å². The number of nitrogens with one attached hydrogen (secondary N) is 1. The topological polar surface area (TPSA) is 58.6 Å². The quantitative estimate of drug-likeness (QED) is 0.825. The van der Waals surface area contributed by atoms with E-state index in [1.807, 2.05) is 0 Å². The molecule has 0 unspecified atom stereocenters. The predicted octanol–water partition coefficient (Wildman–Crippen LogP) is 3.13. The third kappa shape index (κ3) is 3.95. The Kier molecular flexibility index (Phi) is 4.73. The maximum Gasteiger partial charge on any atom is 0.411 e. The van der Waals surface area contributed by atoms with Crippen molar-refractivity contribution in [1.29, 1.82) is 0 Å². The number of carbonyl (C=O) groups is 2. The first-order chi connectivity index (χ1) is 11.8. The summed E-state index contributed by atoms with van der Waals surface area (Å²) in [7, 11) is 0. The van der Waals surface area contributed by atoms with Crippen molar-refractivity contribution >= 4 is 11.9 Å². The van der Waals surface area contributed by atoms with Gasteiger partial charge in [-0.3, -0.25) is 9.69 Å². The van der Waals surface area contributed by atoms with Crippen LogP contribution in [0.2, 0.25) is 0 Å². The number of imide groups is 1. The number of urea groups is 1. The molecule has 2 fully saturated rings. The lowest BCUT2D eigenvalue weighted by molar-refractivity contribution is -0.176. The minimum Gasteiger partial charge on any atom is -0.367 e. The number of amides is 3. The van der Waals surface area contributed by atoms with Gasteiger partial charge in [-0.2, -0.15) is 13.2 Å². The van der Waals surface area contributed by atoms with E-state index in [9.17, 15) is 22.8 Å². The van der Waals surface area contributed by atoms with Crippen LogP contribution in [-0.2, 0) is 22.7 Å². The van der Waals surface area contributed by atoms with Crippen molar-refractivity contribution in [1.82, 2.24) is 10.2 Å². The van der Waals surface area contributed by atoms with Crippen LogP contribution < -0.4 is 5.32 Å². The predicted molar refractivity (Wildman–Crippen MR) is 82.4 cm³/mol. The van der Waals surface area contributed by atoms with E-state index in [2.05, 4.69) is 10.1 Å². The molecule has 0 atom stereocenters. The molecule has 0 radical (unpaired) electrons. The molecule has 1 saturated heterocycles. The van der Waals surface area contributed by atoms with Gasteiger partial charge >= 0.3 is 12.2 Å². The first kappa shape index (κ1) is 17.7. The average Bonchev–Trinajstić information content (AvgIpc) is 3.09. The fraction of sp³-hybridized carbons (Fsp3) is 0.529. The van der Waals surface area contributed by atoms with Gasteiger partial charge in [0.05, 0.1) is 13.2 Å². The summed E-state index contributed by atoms with van der Waals surface area (Å²) >= 11 is 0. The standard InChI is InChI=1S/C17H19F3N2O3/c18-17(19,20)11-25-10-13-5-3-12(4-6-13)9-22-14(23)16(21-15(22)24)7-1-2-8-16/h3-6H,1-2,7-11H2,(H,21,24). The normalized spacial score (nSPS) is 19.7. The second kappa shape index (κ2) is 6.67. The van der Waals surface area contributed by atoms with Crippen molar-refractivity contribution < 1.29 is 27.5 Å². The number of ether oxygens (including phenoxy) is 1. The third-order valence-electron chi connectivity index (χ3n) is 4.60. The van der Waals surface area contributed by atoms with Crippen LogP contribution in [0.4, 0.5) is 18.0 Å². The minimum absolute atomic E-state index is 0.147. The van der Waals surface area contributed by atoms with Crippen molar-refractivity contribution in [2.45, 2.75) is 50.6 Å². The van der Waals surface area contributed by atoms with Gasteiger partial charge in [0.1, 0.15) is 12.1 Å². The maximum absolute atomic E-state index is 12.6. The van der Waals surface area contributed by atoms with Crippen LogP contribution in [0.15, 0.2) is 24.3 Å². The Labute approximate surface area is 143 Å². The Morgan fingerprint density at radius 2 is 1.68 bits per heavy atom. The number of benzene rings is 1. The first-order valence-electron chi connectivity index (χ1n) is 8.16. The van der Waals surface area contributed by atoms with Gasteiger partial charge in [0.15, 0.2) is 0 Å². The van der Waals surface area contributed by atoms with Crippen LogP contribution in [0.5, 0.6) is 0 Å². The molecular weight excluding hydrogens is 337 g/mol. The molecule has 25 heavy (non-hydrogen) atoms. The van der Waals surface area contributed by atoms with Crippen LogP contribution in [-0.4, -0.2) is 35.2 Å². The first-order valence-corrected chi connectivity index (χ1v) is 8.16. The molecule has 1 aliphatic heterocycles. The van der Waals surface area contributed by atoms with Gasteiger partial charge in [-0.1, -0.05) is 37.1 Å². The Balaban J connectivity index is 1.58. The number of halogens is 3. The Morgan fingerprint density at radius 3 is 2.28 bits per heavy atom. The molecular formula is C17H19F3N2O3. The lowest BCUT2D eigenvalue weighted by atomic mass is 9.98. The summed E-state index contributed by atoms with van der Waals surface area (Å²) < 4.78 is 40.7. The molecule has 8 heteroatoms. The summed E-state index contributed by atoms with van der Waals surface area (Å²) in [5.41, 5.74) is 0.596. The molecule has 3 rings (SSSR count). The molecule has 1 aliphatic carbocycles. The minimum atomic E-state index is -4.35. The summed E-state index contributed by atoms with van der Waals surface area (Å²) in [5.74, 6) is -0.187. The van der Waals surface area contributed by atoms with Crippen LogP contribution in [0.25, 0.3) is 0 Å². The van der Waals surface area contributed by atoms with Crippen molar-refractivity contribution in [3.8, 4) is 0 Å². The van der Waals surface area contributed by atoms with E-state index in [0.29, 0.717) is 18.4 Å². The fourth-order valence-corrected chi connectivity index (χ4v) is 3.35.